The Hall–Kier alpha value is -2.22. The van der Waals surface area contributed by atoms with Crippen molar-refractivity contribution in [3.63, 3.8) is 0 Å². The zero-order chi connectivity index (χ0) is 24.6. The average Bonchev–Trinajstić information content (AvgIpc) is 2.61. The van der Waals surface area contributed by atoms with Crippen LogP contribution in [0.2, 0.25) is 0 Å². The van der Waals surface area contributed by atoms with Gasteiger partial charge in [0.1, 0.15) is 17.8 Å². The lowest BCUT2D eigenvalue weighted by Gasteiger charge is -2.56. The van der Waals surface area contributed by atoms with E-state index in [4.69, 9.17) is 14.2 Å². The third-order valence-corrected chi connectivity index (χ3v) is 7.23. The number of carbonyl (C=O) groups excluding carboxylic acids is 4. The number of carbonyl (C=O) groups is 4. The quantitative estimate of drug-likeness (QED) is 0.384. The lowest BCUT2D eigenvalue weighted by molar-refractivity contribution is -0.230. The molecule has 0 bridgehead atoms. The van der Waals surface area contributed by atoms with Crippen molar-refractivity contribution in [2.45, 2.75) is 104 Å². The van der Waals surface area contributed by atoms with Crippen LogP contribution in [0.4, 0.5) is 0 Å². The Morgan fingerprint density at radius 3 is 2.19 bits per heavy atom. The molecule has 2 aliphatic rings. The Balaban J connectivity index is 2.47. The van der Waals surface area contributed by atoms with Gasteiger partial charge in [-0.15, -0.1) is 0 Å². The molecule has 8 nitrogen and oxygen atoms in total. The molecule has 0 spiro atoms. The minimum Gasteiger partial charge on any atom is -0.455 e. The van der Waals surface area contributed by atoms with Gasteiger partial charge in [-0.05, 0) is 64.9 Å². The Kier molecular flexibility index (Phi) is 7.29. The van der Waals surface area contributed by atoms with Gasteiger partial charge in [-0.3, -0.25) is 14.4 Å². The number of fused-ring (bicyclic) bond motifs is 1. The molecule has 0 heterocycles. The first kappa shape index (κ1) is 26.0. The summed E-state index contributed by atoms with van der Waals surface area (Å²) in [5.41, 5.74) is -1.90. The van der Waals surface area contributed by atoms with Gasteiger partial charge >= 0.3 is 17.9 Å². The number of esters is 3. The second-order valence-corrected chi connectivity index (χ2v) is 10.1. The Bertz CT molecular complexity index is 839. The number of aliphatic hydroxyl groups excluding tert-OH is 1. The van der Waals surface area contributed by atoms with E-state index in [9.17, 15) is 24.3 Å². The van der Waals surface area contributed by atoms with Crippen LogP contribution in [0.5, 0.6) is 0 Å². The van der Waals surface area contributed by atoms with Crippen molar-refractivity contribution in [2.24, 2.45) is 11.3 Å². The second kappa shape index (κ2) is 8.96. The molecule has 0 aromatic rings. The predicted molar refractivity (Wildman–Crippen MR) is 115 cm³/mol. The van der Waals surface area contributed by atoms with E-state index in [2.05, 4.69) is 0 Å². The smallest absolute Gasteiger partial charge is 0.353 e. The normalized spacial score (nSPS) is 32.8. The van der Waals surface area contributed by atoms with Crippen molar-refractivity contribution in [1.29, 1.82) is 0 Å². The molecule has 1 N–H and O–H groups in total. The third kappa shape index (κ3) is 4.75. The molecule has 0 amide bonds. The van der Waals surface area contributed by atoms with Crippen molar-refractivity contribution in [2.75, 3.05) is 0 Å². The van der Waals surface area contributed by atoms with Gasteiger partial charge in [-0.2, -0.15) is 0 Å². The standard InChI is InChI=1S/C24H36O8/c1-13(2)17-11-19-22(6,12-18(17)28)10-9-20(24(19,8)32-16(5)27)30-21(29)23(7,14(3)25)31-15(4)26/h14,19-20,25H,9-12H2,1-8H3/t14-,19-,20-,22+,23-,24+/m1/s1. The number of allylic oxidation sites excluding steroid dienone is 2. The molecule has 2 aliphatic carbocycles. The van der Waals surface area contributed by atoms with Gasteiger partial charge in [0.2, 0.25) is 5.60 Å². The van der Waals surface area contributed by atoms with Crippen LogP contribution in [-0.2, 0) is 33.4 Å². The van der Waals surface area contributed by atoms with Gasteiger partial charge in [0, 0.05) is 26.2 Å². The van der Waals surface area contributed by atoms with Gasteiger partial charge < -0.3 is 19.3 Å². The van der Waals surface area contributed by atoms with Crippen LogP contribution < -0.4 is 0 Å². The van der Waals surface area contributed by atoms with E-state index in [1.807, 2.05) is 20.8 Å². The first-order valence-electron chi connectivity index (χ1n) is 11.0. The van der Waals surface area contributed by atoms with Crippen LogP contribution in [0.1, 0.15) is 81.1 Å². The predicted octanol–water partition coefficient (Wildman–Crippen LogP) is 3.04. The number of ketones is 1. The summed E-state index contributed by atoms with van der Waals surface area (Å²) < 4.78 is 16.7. The second-order valence-electron chi connectivity index (χ2n) is 10.1. The summed E-state index contributed by atoms with van der Waals surface area (Å²) in [5, 5.41) is 10.1. The molecule has 0 radical (unpaired) electrons. The van der Waals surface area contributed by atoms with E-state index in [0.29, 0.717) is 31.3 Å². The monoisotopic (exact) mass is 452 g/mol. The van der Waals surface area contributed by atoms with E-state index in [-0.39, 0.29) is 11.7 Å². The number of ether oxygens (including phenoxy) is 3. The first-order valence-corrected chi connectivity index (χ1v) is 11.0. The molecule has 2 fully saturated rings. The fourth-order valence-corrected chi connectivity index (χ4v) is 5.24. The number of aliphatic hydroxyl groups is 1. The fourth-order valence-electron chi connectivity index (χ4n) is 5.24. The minimum absolute atomic E-state index is 0.0981. The molecule has 0 aliphatic heterocycles. The van der Waals surface area contributed by atoms with Crippen LogP contribution in [0.25, 0.3) is 0 Å². The Morgan fingerprint density at radius 2 is 1.72 bits per heavy atom. The molecular weight excluding hydrogens is 416 g/mol. The van der Waals surface area contributed by atoms with Crippen LogP contribution in [0.3, 0.4) is 0 Å². The highest BCUT2D eigenvalue weighted by Gasteiger charge is 2.61. The van der Waals surface area contributed by atoms with Crippen molar-refractivity contribution >= 4 is 23.7 Å². The maximum absolute atomic E-state index is 13.1. The molecule has 2 saturated carbocycles. The zero-order valence-corrected chi connectivity index (χ0v) is 20.4. The van der Waals surface area contributed by atoms with E-state index >= 15 is 0 Å². The number of Topliss-reactive ketones (excluding diaryl/α,β-unsaturated/α-hetero) is 1. The molecule has 32 heavy (non-hydrogen) atoms. The van der Waals surface area contributed by atoms with Crippen LogP contribution in [0, 0.1) is 11.3 Å². The summed E-state index contributed by atoms with van der Waals surface area (Å²) in [4.78, 5) is 49.5. The molecular formula is C24H36O8. The van der Waals surface area contributed by atoms with E-state index < -0.39 is 46.7 Å². The van der Waals surface area contributed by atoms with Crippen LogP contribution in [-0.4, -0.2) is 52.2 Å². The zero-order valence-electron chi connectivity index (χ0n) is 20.4. The minimum atomic E-state index is -1.91. The summed E-state index contributed by atoms with van der Waals surface area (Å²) in [7, 11) is 0. The molecule has 0 saturated heterocycles. The third-order valence-electron chi connectivity index (χ3n) is 7.23. The van der Waals surface area contributed by atoms with Gasteiger partial charge in [0.25, 0.3) is 0 Å². The van der Waals surface area contributed by atoms with Crippen molar-refractivity contribution in [3.8, 4) is 0 Å². The Labute approximate surface area is 189 Å². The van der Waals surface area contributed by atoms with Gasteiger partial charge in [0.05, 0.1) is 0 Å². The molecule has 0 aromatic heterocycles. The Morgan fingerprint density at radius 1 is 1.12 bits per heavy atom. The van der Waals surface area contributed by atoms with Crippen LogP contribution in [0.15, 0.2) is 11.1 Å². The maximum atomic E-state index is 13.1. The van der Waals surface area contributed by atoms with Gasteiger partial charge in [-0.25, -0.2) is 4.79 Å². The summed E-state index contributed by atoms with van der Waals surface area (Å²) in [5.74, 6) is -2.33. The van der Waals surface area contributed by atoms with E-state index in [1.54, 1.807) is 6.92 Å². The lowest BCUT2D eigenvalue weighted by atomic mass is 9.53. The largest absolute Gasteiger partial charge is 0.455 e. The van der Waals surface area contributed by atoms with Crippen molar-refractivity contribution in [1.82, 2.24) is 0 Å². The topological polar surface area (TPSA) is 116 Å². The highest BCUT2D eigenvalue weighted by atomic mass is 16.6. The van der Waals surface area contributed by atoms with E-state index in [1.165, 1.54) is 20.8 Å². The number of hydrogen-bond acceptors (Lipinski definition) is 8. The molecule has 180 valence electrons. The number of hydrogen-bond donors (Lipinski definition) is 1. The van der Waals surface area contributed by atoms with Crippen LogP contribution >= 0.6 is 0 Å². The van der Waals surface area contributed by atoms with Gasteiger partial charge in [0.15, 0.2) is 5.78 Å². The SMILES string of the molecule is CC(=O)O[C@@]1(C)[C@@H]2CC(=C(C)C)C(=O)C[C@]2(C)CC[C@H]1OC(=O)[C@](C)(OC(C)=O)[C@@H](C)O. The molecule has 0 unspecified atom stereocenters. The summed E-state index contributed by atoms with van der Waals surface area (Å²) in [6, 6.07) is 0. The fraction of sp³-hybridized carbons (Fsp3) is 0.750. The highest BCUT2D eigenvalue weighted by Crippen LogP contribution is 2.56. The molecule has 2 rings (SSSR count). The van der Waals surface area contributed by atoms with E-state index in [0.717, 1.165) is 12.5 Å². The molecule has 0 aromatic carbocycles. The van der Waals surface area contributed by atoms with Crippen molar-refractivity contribution in [3.05, 3.63) is 11.1 Å². The summed E-state index contributed by atoms with van der Waals surface area (Å²) >= 11 is 0. The lowest BCUT2D eigenvalue weighted by Crippen LogP contribution is -2.63. The first-order chi connectivity index (χ1) is 14.6. The highest BCUT2D eigenvalue weighted by molar-refractivity contribution is 5.97. The molecule has 8 heteroatoms. The van der Waals surface area contributed by atoms with Crippen molar-refractivity contribution < 1.29 is 38.5 Å². The number of rotatable bonds is 5. The summed E-state index contributed by atoms with van der Waals surface area (Å²) in [6.07, 6.45) is -0.473. The summed E-state index contributed by atoms with van der Waals surface area (Å²) in [6.45, 7) is 12.6. The van der Waals surface area contributed by atoms with Gasteiger partial charge in [-0.1, -0.05) is 12.5 Å². The average molecular weight is 453 g/mol. The maximum Gasteiger partial charge on any atom is 0.353 e. The molecule has 6 atom stereocenters.